The molecule has 1 aromatic carbocycles. The van der Waals surface area contributed by atoms with E-state index in [-0.39, 0.29) is 11.5 Å². The maximum atomic E-state index is 12.8. The Morgan fingerprint density at radius 1 is 1.15 bits per heavy atom. The standard InChI is InChI=1S/C16H7F3N6S/c17-16(18,19)13-3-4-21-15(22-13)9-2-1-8-5-12(26-11(8)6-9)14-10(7-20)23-25-24-14/h1-6H,(H,23,24,25). The smallest absolute Gasteiger partial charge is 0.247 e. The van der Waals surface area contributed by atoms with E-state index in [0.717, 1.165) is 27.2 Å². The molecule has 0 radical (unpaired) electrons. The zero-order valence-electron chi connectivity index (χ0n) is 12.7. The first-order valence-corrected chi connectivity index (χ1v) is 8.03. The molecule has 0 fully saturated rings. The number of nitrogens with one attached hydrogen (secondary N) is 1. The minimum atomic E-state index is -4.53. The molecule has 1 N–H and O–H groups in total. The number of nitrogens with zero attached hydrogens (tertiary/aromatic N) is 5. The van der Waals surface area contributed by atoms with Crippen LogP contribution in [0, 0.1) is 11.3 Å². The van der Waals surface area contributed by atoms with Gasteiger partial charge in [0.15, 0.2) is 11.5 Å². The van der Waals surface area contributed by atoms with Crippen LogP contribution >= 0.6 is 11.3 Å². The second-order valence-electron chi connectivity index (χ2n) is 5.27. The van der Waals surface area contributed by atoms with E-state index in [0.29, 0.717) is 11.3 Å². The summed E-state index contributed by atoms with van der Waals surface area (Å²) in [5, 5.41) is 20.0. The second-order valence-corrected chi connectivity index (χ2v) is 6.36. The van der Waals surface area contributed by atoms with Gasteiger partial charge >= 0.3 is 6.18 Å². The number of nitriles is 1. The summed E-state index contributed by atoms with van der Waals surface area (Å²) in [5.41, 5.74) is 0.164. The molecule has 0 aliphatic carbocycles. The number of benzene rings is 1. The van der Waals surface area contributed by atoms with Crippen molar-refractivity contribution >= 4 is 21.4 Å². The van der Waals surface area contributed by atoms with Gasteiger partial charge in [0.1, 0.15) is 17.5 Å². The number of alkyl halides is 3. The SMILES string of the molecule is N#Cc1[nH]nnc1-c1cc2ccc(-c3nccc(C(F)(F)F)n3)cc2s1. The van der Waals surface area contributed by atoms with Crippen LogP contribution in [0.3, 0.4) is 0 Å². The summed E-state index contributed by atoms with van der Waals surface area (Å²) in [6, 6.07) is 9.78. The van der Waals surface area contributed by atoms with E-state index >= 15 is 0 Å². The number of aromatic nitrogens is 5. The molecule has 3 heterocycles. The summed E-state index contributed by atoms with van der Waals surface area (Å²) in [4.78, 5) is 8.27. The number of hydrogen-bond donors (Lipinski definition) is 1. The number of rotatable bonds is 2. The van der Waals surface area contributed by atoms with Crippen molar-refractivity contribution in [1.29, 1.82) is 5.26 Å². The van der Waals surface area contributed by atoms with Gasteiger partial charge in [0.25, 0.3) is 0 Å². The number of H-pyrrole nitrogens is 1. The fraction of sp³-hybridized carbons (Fsp3) is 0.0625. The number of fused-ring (bicyclic) bond motifs is 1. The van der Waals surface area contributed by atoms with Crippen molar-refractivity contribution in [2.24, 2.45) is 0 Å². The molecule has 0 spiro atoms. The van der Waals surface area contributed by atoms with E-state index in [1.807, 2.05) is 12.1 Å². The van der Waals surface area contributed by atoms with Crippen molar-refractivity contribution in [3.63, 3.8) is 0 Å². The van der Waals surface area contributed by atoms with Crippen molar-refractivity contribution in [1.82, 2.24) is 25.4 Å². The van der Waals surface area contributed by atoms with Crippen LogP contribution in [-0.2, 0) is 6.18 Å². The first-order valence-electron chi connectivity index (χ1n) is 7.21. The zero-order chi connectivity index (χ0) is 18.3. The number of thiophene rings is 1. The van der Waals surface area contributed by atoms with Gasteiger partial charge in [-0.2, -0.15) is 18.4 Å². The molecule has 0 amide bonds. The Kier molecular flexibility index (Phi) is 3.66. The van der Waals surface area contributed by atoms with Crippen LogP contribution in [-0.4, -0.2) is 25.4 Å². The molecule has 10 heteroatoms. The van der Waals surface area contributed by atoms with Crippen LogP contribution in [0.25, 0.3) is 32.0 Å². The highest BCUT2D eigenvalue weighted by Crippen LogP contribution is 2.35. The second kappa shape index (κ2) is 5.89. The third-order valence-electron chi connectivity index (χ3n) is 3.62. The van der Waals surface area contributed by atoms with Crippen LogP contribution in [0.15, 0.2) is 36.5 Å². The van der Waals surface area contributed by atoms with Crippen molar-refractivity contribution in [2.45, 2.75) is 6.18 Å². The lowest BCUT2D eigenvalue weighted by atomic mass is 10.1. The van der Waals surface area contributed by atoms with Crippen molar-refractivity contribution < 1.29 is 13.2 Å². The number of halogens is 3. The van der Waals surface area contributed by atoms with Gasteiger partial charge < -0.3 is 0 Å². The fourth-order valence-electron chi connectivity index (χ4n) is 2.42. The summed E-state index contributed by atoms with van der Waals surface area (Å²) in [6.45, 7) is 0. The van der Waals surface area contributed by atoms with Crippen LogP contribution in [0.5, 0.6) is 0 Å². The topological polar surface area (TPSA) is 91.1 Å². The van der Waals surface area contributed by atoms with Crippen molar-refractivity contribution in [3.8, 4) is 28.0 Å². The van der Waals surface area contributed by atoms with Gasteiger partial charge in [0.05, 0.1) is 4.88 Å². The Bertz CT molecular complexity index is 1150. The Hall–Kier alpha value is -3.32. The van der Waals surface area contributed by atoms with Gasteiger partial charge in [0.2, 0.25) is 0 Å². The average Bonchev–Trinajstić information content (AvgIpc) is 3.26. The molecule has 0 unspecified atom stereocenters. The number of aromatic amines is 1. The minimum Gasteiger partial charge on any atom is -0.247 e. The van der Waals surface area contributed by atoms with Crippen molar-refractivity contribution in [3.05, 3.63) is 47.9 Å². The third-order valence-corrected chi connectivity index (χ3v) is 4.72. The summed E-state index contributed by atoms with van der Waals surface area (Å²) >= 11 is 1.35. The molecule has 4 aromatic rings. The average molecular weight is 372 g/mol. The first kappa shape index (κ1) is 16.2. The van der Waals surface area contributed by atoms with Crippen LogP contribution in [0.4, 0.5) is 13.2 Å². The molecule has 3 aromatic heterocycles. The van der Waals surface area contributed by atoms with Gasteiger partial charge in [-0.1, -0.05) is 17.3 Å². The highest BCUT2D eigenvalue weighted by molar-refractivity contribution is 7.22. The number of hydrogen-bond acceptors (Lipinski definition) is 6. The summed E-state index contributed by atoms with van der Waals surface area (Å²) in [5.74, 6) is -0.00387. The van der Waals surface area contributed by atoms with E-state index in [1.54, 1.807) is 18.2 Å². The fourth-order valence-corrected chi connectivity index (χ4v) is 3.51. The first-order chi connectivity index (χ1) is 12.5. The summed E-state index contributed by atoms with van der Waals surface area (Å²) in [6.07, 6.45) is -3.44. The van der Waals surface area contributed by atoms with E-state index in [1.165, 1.54) is 11.3 Å². The molecule has 26 heavy (non-hydrogen) atoms. The molecule has 0 aliphatic rings. The molecule has 0 bridgehead atoms. The predicted molar refractivity (Wildman–Crippen MR) is 87.9 cm³/mol. The zero-order valence-corrected chi connectivity index (χ0v) is 13.6. The largest absolute Gasteiger partial charge is 0.433 e. The molecular formula is C16H7F3N6S. The Balaban J connectivity index is 1.79. The molecular weight excluding hydrogens is 365 g/mol. The van der Waals surface area contributed by atoms with Gasteiger partial charge in [-0.25, -0.2) is 15.1 Å². The quantitative estimate of drug-likeness (QED) is 0.573. The Labute approximate surface area is 148 Å². The molecule has 0 saturated heterocycles. The highest BCUT2D eigenvalue weighted by Gasteiger charge is 2.32. The van der Waals surface area contributed by atoms with E-state index in [4.69, 9.17) is 5.26 Å². The maximum absolute atomic E-state index is 12.8. The van der Waals surface area contributed by atoms with Crippen LogP contribution < -0.4 is 0 Å². The van der Waals surface area contributed by atoms with Gasteiger partial charge in [-0.3, -0.25) is 0 Å². The van der Waals surface area contributed by atoms with E-state index < -0.39 is 11.9 Å². The molecule has 0 atom stereocenters. The molecule has 6 nitrogen and oxygen atoms in total. The van der Waals surface area contributed by atoms with Gasteiger partial charge in [0, 0.05) is 16.5 Å². The third kappa shape index (κ3) is 2.78. The molecule has 0 saturated carbocycles. The lowest BCUT2D eigenvalue weighted by molar-refractivity contribution is -0.141. The lowest BCUT2D eigenvalue weighted by Gasteiger charge is -2.07. The van der Waals surface area contributed by atoms with Crippen molar-refractivity contribution in [2.75, 3.05) is 0 Å². The normalized spacial score (nSPS) is 11.6. The predicted octanol–water partition coefficient (Wildman–Crippen LogP) is 4.03. The molecule has 128 valence electrons. The van der Waals surface area contributed by atoms with Crippen LogP contribution in [0.2, 0.25) is 0 Å². The minimum absolute atomic E-state index is 0.00387. The summed E-state index contributed by atoms with van der Waals surface area (Å²) in [7, 11) is 0. The monoisotopic (exact) mass is 372 g/mol. The van der Waals surface area contributed by atoms with Crippen LogP contribution in [0.1, 0.15) is 11.4 Å². The summed E-state index contributed by atoms with van der Waals surface area (Å²) < 4.78 is 39.3. The molecule has 0 aliphatic heterocycles. The van der Waals surface area contributed by atoms with E-state index in [9.17, 15) is 13.2 Å². The Morgan fingerprint density at radius 2 is 2.00 bits per heavy atom. The molecule has 4 rings (SSSR count). The highest BCUT2D eigenvalue weighted by atomic mass is 32.1. The van der Waals surface area contributed by atoms with E-state index in [2.05, 4.69) is 25.4 Å². The maximum Gasteiger partial charge on any atom is 0.433 e. The lowest BCUT2D eigenvalue weighted by Crippen LogP contribution is -2.08. The Morgan fingerprint density at radius 3 is 2.77 bits per heavy atom. The van der Waals surface area contributed by atoms with Gasteiger partial charge in [-0.15, -0.1) is 16.4 Å². The van der Waals surface area contributed by atoms with Gasteiger partial charge in [-0.05, 0) is 23.6 Å².